The highest BCUT2D eigenvalue weighted by Crippen LogP contribution is 2.30. The Labute approximate surface area is 111 Å². The summed E-state index contributed by atoms with van der Waals surface area (Å²) in [6.07, 6.45) is 3.54. The fraction of sp³-hybridized carbons (Fsp3) is 0.286. The number of nitrogen functional groups attached to an aromatic ring is 1. The lowest BCUT2D eigenvalue weighted by Gasteiger charge is -2.34. The van der Waals surface area contributed by atoms with Crippen molar-refractivity contribution in [3.8, 4) is 0 Å². The number of hydrogen-bond donors (Lipinski definition) is 1. The van der Waals surface area contributed by atoms with Crippen LogP contribution in [0.1, 0.15) is 0 Å². The number of carbonyl (C=O) groups is 1. The molecule has 3 rings (SSSR count). The van der Waals surface area contributed by atoms with Crippen LogP contribution >= 0.6 is 0 Å². The molecule has 5 nitrogen and oxygen atoms in total. The van der Waals surface area contributed by atoms with Gasteiger partial charge in [-0.1, -0.05) is 0 Å². The maximum Gasteiger partial charge on any atom is 0.241 e. The lowest BCUT2D eigenvalue weighted by molar-refractivity contribution is -0.129. The number of nitrogens with two attached hydrogens (primary N) is 1. The van der Waals surface area contributed by atoms with E-state index in [1.54, 1.807) is 11.1 Å². The van der Waals surface area contributed by atoms with E-state index in [1.807, 2.05) is 31.4 Å². The number of pyridine rings is 1. The van der Waals surface area contributed by atoms with Crippen LogP contribution in [0.25, 0.3) is 10.8 Å². The van der Waals surface area contributed by atoms with Crippen molar-refractivity contribution in [2.45, 2.75) is 0 Å². The Balaban J connectivity index is 2.06. The molecule has 0 radical (unpaired) electrons. The molecule has 1 amide bonds. The number of fused-ring (bicyclic) bond motifs is 1. The first kappa shape index (κ1) is 11.8. The van der Waals surface area contributed by atoms with Crippen LogP contribution in [0.15, 0.2) is 30.6 Å². The summed E-state index contributed by atoms with van der Waals surface area (Å²) in [6.45, 7) is 1.98. The molecule has 2 heterocycles. The van der Waals surface area contributed by atoms with E-state index in [-0.39, 0.29) is 5.91 Å². The van der Waals surface area contributed by atoms with Crippen molar-refractivity contribution in [3.05, 3.63) is 30.6 Å². The van der Waals surface area contributed by atoms with Crippen molar-refractivity contribution in [1.82, 2.24) is 9.88 Å². The average Bonchev–Trinajstić information content (AvgIpc) is 2.43. The second-order valence-corrected chi connectivity index (χ2v) is 4.83. The first-order valence-electron chi connectivity index (χ1n) is 6.28. The Morgan fingerprint density at radius 3 is 2.84 bits per heavy atom. The van der Waals surface area contributed by atoms with E-state index in [0.29, 0.717) is 6.54 Å². The molecule has 19 heavy (non-hydrogen) atoms. The van der Waals surface area contributed by atoms with Crippen LogP contribution < -0.4 is 10.6 Å². The molecule has 0 saturated carbocycles. The van der Waals surface area contributed by atoms with Crippen molar-refractivity contribution in [1.29, 1.82) is 0 Å². The lowest BCUT2D eigenvalue weighted by atomic mass is 10.1. The number of hydrogen-bond acceptors (Lipinski definition) is 4. The minimum absolute atomic E-state index is 0.139. The van der Waals surface area contributed by atoms with Gasteiger partial charge in [0.05, 0.1) is 6.54 Å². The van der Waals surface area contributed by atoms with Gasteiger partial charge in [0.25, 0.3) is 0 Å². The summed E-state index contributed by atoms with van der Waals surface area (Å²) in [5, 5.41) is 1.98. The number of rotatable bonds is 1. The minimum Gasteiger partial charge on any atom is -0.398 e. The summed E-state index contributed by atoms with van der Waals surface area (Å²) in [4.78, 5) is 19.8. The third-order valence-corrected chi connectivity index (χ3v) is 3.63. The van der Waals surface area contributed by atoms with Crippen LogP contribution in [0, 0.1) is 0 Å². The molecule has 0 aliphatic carbocycles. The molecule has 1 aromatic heterocycles. The topological polar surface area (TPSA) is 62.5 Å². The first-order valence-corrected chi connectivity index (χ1v) is 6.28. The standard InChI is InChI=1S/C14H16N4O/c1-17-6-7-18(9-14(17)19)13-3-2-12(15)10-4-5-16-8-11(10)13/h2-5,8H,6-7,9,15H2,1H3. The summed E-state index contributed by atoms with van der Waals surface area (Å²) in [5.74, 6) is 0.139. The normalized spacial score (nSPS) is 16.2. The second kappa shape index (κ2) is 4.42. The number of nitrogens with zero attached hydrogens (tertiary/aromatic N) is 3. The molecule has 98 valence electrons. The van der Waals surface area contributed by atoms with E-state index in [4.69, 9.17) is 5.73 Å². The molecule has 1 aromatic carbocycles. The number of amides is 1. The van der Waals surface area contributed by atoms with E-state index < -0.39 is 0 Å². The molecule has 1 aliphatic heterocycles. The van der Waals surface area contributed by atoms with Crippen molar-refractivity contribution in [2.75, 3.05) is 37.3 Å². The van der Waals surface area contributed by atoms with Crippen LogP contribution in [0.3, 0.4) is 0 Å². The van der Waals surface area contributed by atoms with E-state index in [0.717, 1.165) is 35.2 Å². The lowest BCUT2D eigenvalue weighted by Crippen LogP contribution is -2.48. The number of anilines is 2. The van der Waals surface area contributed by atoms with Gasteiger partial charge in [0.15, 0.2) is 0 Å². The number of likely N-dealkylation sites (N-methyl/N-ethyl adjacent to an activating group) is 1. The van der Waals surface area contributed by atoms with Crippen LogP contribution in [0.2, 0.25) is 0 Å². The van der Waals surface area contributed by atoms with Crippen LogP contribution in [0.5, 0.6) is 0 Å². The monoisotopic (exact) mass is 256 g/mol. The maximum atomic E-state index is 11.8. The van der Waals surface area contributed by atoms with Gasteiger partial charge in [-0.3, -0.25) is 9.78 Å². The van der Waals surface area contributed by atoms with E-state index >= 15 is 0 Å². The zero-order chi connectivity index (χ0) is 13.4. The highest BCUT2D eigenvalue weighted by Gasteiger charge is 2.22. The number of piperazine rings is 1. The minimum atomic E-state index is 0.139. The van der Waals surface area contributed by atoms with Gasteiger partial charge in [-0.25, -0.2) is 0 Å². The van der Waals surface area contributed by atoms with Gasteiger partial charge in [-0.2, -0.15) is 0 Å². The van der Waals surface area contributed by atoms with E-state index in [1.165, 1.54) is 0 Å². The summed E-state index contributed by atoms with van der Waals surface area (Å²) >= 11 is 0. The van der Waals surface area contributed by atoms with Gasteiger partial charge in [0.1, 0.15) is 0 Å². The Bertz CT molecular complexity index is 640. The maximum absolute atomic E-state index is 11.8. The Kier molecular flexibility index (Phi) is 2.74. The van der Waals surface area contributed by atoms with E-state index in [2.05, 4.69) is 9.88 Å². The number of aromatic nitrogens is 1. The Morgan fingerprint density at radius 2 is 2.05 bits per heavy atom. The van der Waals surface area contributed by atoms with Crippen molar-refractivity contribution >= 4 is 28.1 Å². The van der Waals surface area contributed by atoms with Crippen molar-refractivity contribution in [2.24, 2.45) is 0 Å². The van der Waals surface area contributed by atoms with Gasteiger partial charge in [0, 0.05) is 54.7 Å². The summed E-state index contributed by atoms with van der Waals surface area (Å²) in [7, 11) is 1.84. The molecular formula is C14H16N4O. The first-order chi connectivity index (χ1) is 9.16. The predicted octanol–water partition coefficient (Wildman–Crippen LogP) is 1.10. The molecule has 0 spiro atoms. The van der Waals surface area contributed by atoms with E-state index in [9.17, 15) is 4.79 Å². The van der Waals surface area contributed by atoms with Crippen LogP contribution in [-0.2, 0) is 4.79 Å². The van der Waals surface area contributed by atoms with Crippen molar-refractivity contribution in [3.63, 3.8) is 0 Å². The quantitative estimate of drug-likeness (QED) is 0.776. The Morgan fingerprint density at radius 1 is 1.21 bits per heavy atom. The smallest absolute Gasteiger partial charge is 0.241 e. The average molecular weight is 256 g/mol. The zero-order valence-electron chi connectivity index (χ0n) is 10.8. The summed E-state index contributed by atoms with van der Waals surface area (Å²) in [6, 6.07) is 5.77. The SMILES string of the molecule is CN1CCN(c2ccc(N)c3ccncc23)CC1=O. The highest BCUT2D eigenvalue weighted by molar-refractivity contribution is 6.01. The Hall–Kier alpha value is -2.30. The molecule has 1 saturated heterocycles. The fourth-order valence-electron chi connectivity index (χ4n) is 2.44. The molecule has 2 aromatic rings. The summed E-state index contributed by atoms with van der Waals surface area (Å²) in [5.41, 5.74) is 7.75. The predicted molar refractivity (Wildman–Crippen MR) is 76.0 cm³/mol. The molecule has 1 aliphatic rings. The fourth-order valence-corrected chi connectivity index (χ4v) is 2.44. The van der Waals surface area contributed by atoms with Crippen molar-refractivity contribution < 1.29 is 4.79 Å². The molecule has 0 atom stereocenters. The number of benzene rings is 1. The largest absolute Gasteiger partial charge is 0.398 e. The molecular weight excluding hydrogens is 240 g/mol. The third kappa shape index (κ3) is 1.97. The molecule has 5 heteroatoms. The van der Waals surface area contributed by atoms with Crippen LogP contribution in [0.4, 0.5) is 11.4 Å². The molecule has 0 unspecified atom stereocenters. The number of carbonyl (C=O) groups excluding carboxylic acids is 1. The highest BCUT2D eigenvalue weighted by atomic mass is 16.2. The van der Waals surface area contributed by atoms with Gasteiger partial charge >= 0.3 is 0 Å². The molecule has 0 bridgehead atoms. The van der Waals surface area contributed by atoms with Crippen LogP contribution in [-0.4, -0.2) is 42.5 Å². The van der Waals surface area contributed by atoms with Gasteiger partial charge in [-0.15, -0.1) is 0 Å². The van der Waals surface area contributed by atoms with Gasteiger partial charge in [0.2, 0.25) is 5.91 Å². The second-order valence-electron chi connectivity index (χ2n) is 4.83. The molecule has 1 fully saturated rings. The zero-order valence-corrected chi connectivity index (χ0v) is 10.8. The third-order valence-electron chi connectivity index (χ3n) is 3.63. The van der Waals surface area contributed by atoms with Gasteiger partial charge < -0.3 is 15.5 Å². The van der Waals surface area contributed by atoms with Gasteiger partial charge in [-0.05, 0) is 18.2 Å². The summed E-state index contributed by atoms with van der Waals surface area (Å²) < 4.78 is 0. The molecule has 2 N–H and O–H groups in total.